The number of nitrogens with zero attached hydrogens (tertiary/aromatic N) is 2. The van der Waals surface area contributed by atoms with Gasteiger partial charge < -0.3 is 4.98 Å². The molecule has 0 spiro atoms. The van der Waals surface area contributed by atoms with Crippen LogP contribution >= 0.6 is 12.4 Å². The summed E-state index contributed by atoms with van der Waals surface area (Å²) in [7, 11) is -4.39. The van der Waals surface area contributed by atoms with Crippen molar-refractivity contribution in [2.45, 2.75) is 25.9 Å². The van der Waals surface area contributed by atoms with Gasteiger partial charge in [-0.3, -0.25) is 9.20 Å². The summed E-state index contributed by atoms with van der Waals surface area (Å²) in [4.78, 5) is 19.0. The number of imidazole rings is 2. The number of rotatable bonds is 6. The molecular formula is C14H16ClF3N4O3S. The van der Waals surface area contributed by atoms with Crippen molar-refractivity contribution in [3.63, 3.8) is 0 Å². The van der Waals surface area contributed by atoms with E-state index in [1.54, 1.807) is 23.5 Å². The van der Waals surface area contributed by atoms with Gasteiger partial charge in [0, 0.05) is 6.54 Å². The van der Waals surface area contributed by atoms with Crippen LogP contribution < -0.4 is 10.3 Å². The van der Waals surface area contributed by atoms with Gasteiger partial charge in [-0.25, -0.2) is 18.1 Å². The van der Waals surface area contributed by atoms with E-state index in [0.29, 0.717) is 35.3 Å². The number of hydrogen-bond donors (Lipinski definition) is 2. The fourth-order valence-corrected chi connectivity index (χ4v) is 3.80. The number of pyridine rings is 1. The summed E-state index contributed by atoms with van der Waals surface area (Å²) in [5.41, 5.74) is 2.76. The lowest BCUT2D eigenvalue weighted by molar-refractivity contribution is -0.106. The Morgan fingerprint density at radius 3 is 2.65 bits per heavy atom. The summed E-state index contributed by atoms with van der Waals surface area (Å²) >= 11 is 0. The van der Waals surface area contributed by atoms with E-state index in [1.807, 2.05) is 4.72 Å². The zero-order valence-electron chi connectivity index (χ0n) is 13.6. The molecule has 7 nitrogen and oxygen atoms in total. The molecule has 0 aliphatic rings. The van der Waals surface area contributed by atoms with E-state index in [2.05, 4.69) is 9.97 Å². The van der Waals surface area contributed by atoms with E-state index < -0.39 is 22.0 Å². The Hall–Kier alpha value is -1.85. The summed E-state index contributed by atoms with van der Waals surface area (Å²) in [5, 5.41) is 0. The summed E-state index contributed by atoms with van der Waals surface area (Å²) in [5.74, 6) is -1.89. The lowest BCUT2D eigenvalue weighted by Gasteiger charge is -2.09. The van der Waals surface area contributed by atoms with Crippen LogP contribution in [0.25, 0.3) is 16.8 Å². The zero-order chi connectivity index (χ0) is 18.4. The van der Waals surface area contributed by atoms with Crippen LogP contribution in [0.2, 0.25) is 0 Å². The van der Waals surface area contributed by atoms with Crippen molar-refractivity contribution in [1.82, 2.24) is 19.1 Å². The van der Waals surface area contributed by atoms with Crippen LogP contribution in [0.3, 0.4) is 0 Å². The van der Waals surface area contributed by atoms with Gasteiger partial charge in [0.1, 0.15) is 16.8 Å². The minimum absolute atomic E-state index is 0. The molecule has 3 rings (SSSR count). The minimum Gasteiger partial charge on any atom is -0.306 e. The Morgan fingerprint density at radius 1 is 1.31 bits per heavy atom. The van der Waals surface area contributed by atoms with Crippen LogP contribution in [0.15, 0.2) is 16.9 Å². The molecule has 3 aromatic heterocycles. The van der Waals surface area contributed by atoms with Gasteiger partial charge in [-0.05, 0) is 31.4 Å². The van der Waals surface area contributed by atoms with Crippen LogP contribution in [0.4, 0.5) is 13.2 Å². The first-order valence-corrected chi connectivity index (χ1v) is 9.09. The van der Waals surface area contributed by atoms with Crippen molar-refractivity contribution in [3.8, 4) is 0 Å². The highest BCUT2D eigenvalue weighted by atomic mass is 35.5. The van der Waals surface area contributed by atoms with Crippen molar-refractivity contribution in [2.24, 2.45) is 0 Å². The van der Waals surface area contributed by atoms with Crippen molar-refractivity contribution in [1.29, 1.82) is 0 Å². The van der Waals surface area contributed by atoms with Gasteiger partial charge in [-0.1, -0.05) is 6.07 Å². The van der Waals surface area contributed by atoms with Gasteiger partial charge >= 0.3 is 6.18 Å². The summed E-state index contributed by atoms with van der Waals surface area (Å²) in [6.07, 6.45) is -4.07. The SMILES string of the molecule is Cc1nc2c(CCCNS(=O)(=O)CC(F)(F)F)ccc3[nH]c(=O)c1n32.Cl. The van der Waals surface area contributed by atoms with Gasteiger partial charge in [0.2, 0.25) is 10.0 Å². The first kappa shape index (κ1) is 20.5. The molecular weight excluding hydrogens is 397 g/mol. The number of sulfonamides is 1. The Bertz CT molecular complexity index is 1070. The third kappa shape index (κ3) is 4.10. The fraction of sp³-hybridized carbons (Fsp3) is 0.429. The number of aryl methyl sites for hydroxylation is 2. The van der Waals surface area contributed by atoms with E-state index in [1.165, 1.54) is 0 Å². The Labute approximate surface area is 152 Å². The molecule has 0 aromatic carbocycles. The first-order valence-electron chi connectivity index (χ1n) is 7.44. The molecule has 0 bridgehead atoms. The molecule has 144 valence electrons. The standard InChI is InChI=1S/C14H15F3N4O3S.ClH/c1-8-11-13(22)20-10-5-4-9(12(19-8)21(10)11)3-2-6-18-25(23,24)7-14(15,16)17;/h4-5,18H,2-3,6-7H2,1H3,(H,20,22);1H. The molecule has 26 heavy (non-hydrogen) atoms. The van der Waals surface area contributed by atoms with Crippen LogP contribution in [0, 0.1) is 6.92 Å². The van der Waals surface area contributed by atoms with Crippen molar-refractivity contribution >= 4 is 39.2 Å². The second-order valence-corrected chi connectivity index (χ2v) is 7.58. The highest BCUT2D eigenvalue weighted by molar-refractivity contribution is 7.89. The molecule has 2 N–H and O–H groups in total. The van der Waals surface area contributed by atoms with Crippen molar-refractivity contribution in [3.05, 3.63) is 33.7 Å². The summed E-state index contributed by atoms with van der Waals surface area (Å²) in [6.45, 7) is 1.60. The van der Waals surface area contributed by atoms with Gasteiger partial charge in [0.25, 0.3) is 5.56 Å². The molecule has 0 fully saturated rings. The average molecular weight is 413 g/mol. The maximum absolute atomic E-state index is 12.2. The molecule has 0 saturated carbocycles. The number of halogens is 4. The van der Waals surface area contributed by atoms with Crippen LogP contribution in [-0.4, -0.2) is 41.3 Å². The number of aromatic nitrogens is 3. The molecule has 0 atom stereocenters. The molecule has 0 unspecified atom stereocenters. The molecule has 0 radical (unpaired) electrons. The third-order valence-corrected chi connectivity index (χ3v) is 5.13. The maximum atomic E-state index is 12.2. The fourth-order valence-electron chi connectivity index (χ4n) is 2.82. The normalized spacial score (nSPS) is 12.8. The Balaban J connectivity index is 0.00000243. The second-order valence-electron chi connectivity index (χ2n) is 5.77. The molecule has 0 aliphatic carbocycles. The molecule has 0 aliphatic heterocycles. The van der Waals surface area contributed by atoms with E-state index >= 15 is 0 Å². The van der Waals surface area contributed by atoms with Crippen LogP contribution in [-0.2, 0) is 16.4 Å². The predicted molar refractivity (Wildman–Crippen MR) is 92.7 cm³/mol. The lowest BCUT2D eigenvalue weighted by atomic mass is 10.1. The summed E-state index contributed by atoms with van der Waals surface area (Å²) < 4.78 is 62.7. The topological polar surface area (TPSA) is 96.3 Å². The number of alkyl halides is 3. The van der Waals surface area contributed by atoms with Gasteiger partial charge in [-0.2, -0.15) is 13.2 Å². The largest absolute Gasteiger partial charge is 0.404 e. The Morgan fingerprint density at radius 2 is 2.00 bits per heavy atom. The lowest BCUT2D eigenvalue weighted by Crippen LogP contribution is -2.34. The number of nitrogens with one attached hydrogen (secondary N) is 2. The average Bonchev–Trinajstić information content (AvgIpc) is 2.97. The van der Waals surface area contributed by atoms with Crippen molar-refractivity contribution < 1.29 is 21.6 Å². The smallest absolute Gasteiger partial charge is 0.306 e. The highest BCUT2D eigenvalue weighted by Gasteiger charge is 2.34. The van der Waals surface area contributed by atoms with Crippen molar-refractivity contribution in [2.75, 3.05) is 12.3 Å². The summed E-state index contributed by atoms with van der Waals surface area (Å²) in [6, 6.07) is 3.47. The first-order chi connectivity index (χ1) is 11.6. The van der Waals surface area contributed by atoms with E-state index in [0.717, 1.165) is 5.56 Å². The zero-order valence-corrected chi connectivity index (χ0v) is 15.2. The van der Waals surface area contributed by atoms with Gasteiger partial charge in [-0.15, -0.1) is 12.4 Å². The Kier molecular flexibility index (Phi) is 5.54. The van der Waals surface area contributed by atoms with Crippen LogP contribution in [0.5, 0.6) is 0 Å². The predicted octanol–water partition coefficient (Wildman–Crippen LogP) is 1.76. The van der Waals surface area contributed by atoms with Gasteiger partial charge in [0.05, 0.1) is 5.69 Å². The number of aromatic amines is 1. The number of H-pyrrole nitrogens is 1. The maximum Gasteiger partial charge on any atom is 0.404 e. The molecule has 0 saturated heterocycles. The third-order valence-electron chi connectivity index (χ3n) is 3.78. The molecule has 12 heteroatoms. The highest BCUT2D eigenvalue weighted by Crippen LogP contribution is 2.20. The molecule has 3 heterocycles. The quantitative estimate of drug-likeness (QED) is 0.603. The second kappa shape index (κ2) is 7.05. The van der Waals surface area contributed by atoms with E-state index in [-0.39, 0.29) is 24.5 Å². The van der Waals surface area contributed by atoms with E-state index in [9.17, 15) is 26.4 Å². The molecule has 0 amide bonds. The number of hydrogen-bond acceptors (Lipinski definition) is 4. The van der Waals surface area contributed by atoms with Gasteiger partial charge in [0.15, 0.2) is 5.75 Å². The molecule has 3 aromatic rings. The van der Waals surface area contributed by atoms with Crippen LogP contribution in [0.1, 0.15) is 17.7 Å². The monoisotopic (exact) mass is 412 g/mol. The van der Waals surface area contributed by atoms with E-state index in [4.69, 9.17) is 0 Å². The minimum atomic E-state index is -4.77.